The van der Waals surface area contributed by atoms with Gasteiger partial charge in [0.25, 0.3) is 0 Å². The lowest BCUT2D eigenvalue weighted by Gasteiger charge is -2.42. The molecule has 6 nitrogen and oxygen atoms in total. The molecule has 0 aliphatic heterocycles. The number of aliphatic carboxylic acids is 1. The fourth-order valence-corrected chi connectivity index (χ4v) is 2.74. The highest BCUT2D eigenvalue weighted by Crippen LogP contribution is 2.25. The quantitative estimate of drug-likeness (QED) is 0.714. The molecule has 0 aromatic heterocycles. The van der Waals surface area contributed by atoms with Crippen molar-refractivity contribution in [1.82, 2.24) is 15.1 Å². The Balaban J connectivity index is 2.36. The van der Waals surface area contributed by atoms with E-state index in [1.54, 1.807) is 0 Å². The lowest BCUT2D eigenvalue weighted by molar-refractivity contribution is -0.139. The highest BCUT2D eigenvalue weighted by Gasteiger charge is 2.35. The van der Waals surface area contributed by atoms with Gasteiger partial charge < -0.3 is 15.3 Å². The SMILES string of the molecule is CCN(CC(C)C)C(=O)NC1CC(N(CC)CC(=O)O)C1. The van der Waals surface area contributed by atoms with Gasteiger partial charge in [0.15, 0.2) is 0 Å². The minimum Gasteiger partial charge on any atom is -0.480 e. The van der Waals surface area contributed by atoms with Crippen LogP contribution in [0.3, 0.4) is 0 Å². The van der Waals surface area contributed by atoms with Crippen LogP contribution in [0.2, 0.25) is 0 Å². The summed E-state index contributed by atoms with van der Waals surface area (Å²) in [6.45, 7) is 10.4. The molecule has 2 N–H and O–H groups in total. The van der Waals surface area contributed by atoms with Gasteiger partial charge in [0.1, 0.15) is 0 Å². The Hall–Kier alpha value is -1.30. The lowest BCUT2D eigenvalue weighted by atomic mass is 9.85. The number of nitrogens with one attached hydrogen (secondary N) is 1. The van der Waals surface area contributed by atoms with Crippen molar-refractivity contribution >= 4 is 12.0 Å². The van der Waals surface area contributed by atoms with Crippen LogP contribution in [-0.2, 0) is 4.79 Å². The van der Waals surface area contributed by atoms with Gasteiger partial charge in [0.2, 0.25) is 0 Å². The van der Waals surface area contributed by atoms with Gasteiger partial charge in [-0.3, -0.25) is 9.69 Å². The van der Waals surface area contributed by atoms with E-state index in [-0.39, 0.29) is 24.7 Å². The van der Waals surface area contributed by atoms with Crippen LogP contribution in [0.1, 0.15) is 40.5 Å². The number of carbonyl (C=O) groups is 2. The normalized spacial score (nSPS) is 21.2. The molecule has 0 atom stereocenters. The van der Waals surface area contributed by atoms with E-state index in [9.17, 15) is 9.59 Å². The predicted octanol–water partition coefficient (Wildman–Crippen LogP) is 1.61. The van der Waals surface area contributed by atoms with E-state index < -0.39 is 5.97 Å². The number of carboxylic acids is 1. The molecule has 0 saturated heterocycles. The number of urea groups is 1. The topological polar surface area (TPSA) is 72.9 Å². The zero-order chi connectivity index (χ0) is 16.0. The number of carbonyl (C=O) groups excluding carboxylic acids is 1. The van der Waals surface area contributed by atoms with Crippen molar-refractivity contribution in [3.05, 3.63) is 0 Å². The molecular formula is C15H29N3O3. The third-order valence-corrected chi connectivity index (χ3v) is 3.96. The summed E-state index contributed by atoms with van der Waals surface area (Å²) in [6.07, 6.45) is 1.68. The van der Waals surface area contributed by atoms with Gasteiger partial charge in [-0.1, -0.05) is 20.8 Å². The molecule has 0 unspecified atom stereocenters. The first-order chi connectivity index (χ1) is 9.87. The lowest BCUT2D eigenvalue weighted by Crippen LogP contribution is -2.57. The zero-order valence-corrected chi connectivity index (χ0v) is 13.6. The first kappa shape index (κ1) is 17.8. The Morgan fingerprint density at radius 1 is 1.24 bits per heavy atom. The number of carboxylic acid groups (broad SMARTS) is 1. The molecule has 0 radical (unpaired) electrons. The van der Waals surface area contributed by atoms with Crippen molar-refractivity contribution in [3.8, 4) is 0 Å². The molecule has 0 heterocycles. The standard InChI is InChI=1S/C15H29N3O3/c1-5-17(10-14(19)20)13-7-12(8-13)16-15(21)18(6-2)9-11(3)4/h11-13H,5-10H2,1-4H3,(H,16,21)(H,19,20). The molecule has 2 amide bonds. The van der Waals surface area contributed by atoms with Crippen LogP contribution in [0, 0.1) is 5.92 Å². The summed E-state index contributed by atoms with van der Waals surface area (Å²) in [5.74, 6) is -0.339. The molecule has 21 heavy (non-hydrogen) atoms. The molecule has 1 aliphatic rings. The highest BCUT2D eigenvalue weighted by molar-refractivity contribution is 5.74. The minimum absolute atomic E-state index is 0.00377. The Bertz CT molecular complexity index is 354. The van der Waals surface area contributed by atoms with Gasteiger partial charge in [-0.25, -0.2) is 4.79 Å². The van der Waals surface area contributed by atoms with Crippen LogP contribution in [0.25, 0.3) is 0 Å². The zero-order valence-electron chi connectivity index (χ0n) is 13.6. The summed E-state index contributed by atoms with van der Waals surface area (Å²) in [4.78, 5) is 26.7. The van der Waals surface area contributed by atoms with E-state index in [2.05, 4.69) is 19.2 Å². The van der Waals surface area contributed by atoms with E-state index in [4.69, 9.17) is 5.11 Å². The number of likely N-dealkylation sites (N-methyl/N-ethyl adjacent to an activating group) is 1. The Morgan fingerprint density at radius 3 is 2.29 bits per heavy atom. The van der Waals surface area contributed by atoms with Crippen molar-refractivity contribution in [2.24, 2.45) is 5.92 Å². The Kier molecular flexibility index (Phi) is 6.95. The van der Waals surface area contributed by atoms with Crippen LogP contribution < -0.4 is 5.32 Å². The number of amides is 2. The fraction of sp³-hybridized carbons (Fsp3) is 0.867. The minimum atomic E-state index is -0.793. The number of rotatable bonds is 8. The first-order valence-corrected chi connectivity index (χ1v) is 7.88. The molecule has 1 rings (SSSR count). The van der Waals surface area contributed by atoms with Crippen molar-refractivity contribution in [2.75, 3.05) is 26.2 Å². The van der Waals surface area contributed by atoms with E-state index in [0.29, 0.717) is 12.5 Å². The maximum atomic E-state index is 12.1. The molecule has 122 valence electrons. The third kappa shape index (κ3) is 5.53. The second-order valence-corrected chi connectivity index (χ2v) is 6.16. The van der Waals surface area contributed by atoms with Crippen molar-refractivity contribution in [3.63, 3.8) is 0 Å². The first-order valence-electron chi connectivity index (χ1n) is 7.88. The molecular weight excluding hydrogens is 270 g/mol. The van der Waals surface area contributed by atoms with Gasteiger partial charge in [0, 0.05) is 25.2 Å². The molecule has 1 saturated carbocycles. The average molecular weight is 299 g/mol. The maximum Gasteiger partial charge on any atom is 0.317 e. The van der Waals surface area contributed by atoms with E-state index >= 15 is 0 Å². The fourth-order valence-electron chi connectivity index (χ4n) is 2.74. The van der Waals surface area contributed by atoms with Crippen LogP contribution in [0.15, 0.2) is 0 Å². The highest BCUT2D eigenvalue weighted by atomic mass is 16.4. The molecule has 0 aromatic rings. The number of hydrogen-bond donors (Lipinski definition) is 2. The Labute approximate surface area is 127 Å². The van der Waals surface area contributed by atoms with Crippen molar-refractivity contribution in [1.29, 1.82) is 0 Å². The van der Waals surface area contributed by atoms with Gasteiger partial charge in [0.05, 0.1) is 6.54 Å². The monoisotopic (exact) mass is 299 g/mol. The molecule has 1 aliphatic carbocycles. The van der Waals surface area contributed by atoms with Crippen LogP contribution in [-0.4, -0.2) is 65.2 Å². The van der Waals surface area contributed by atoms with E-state index in [1.807, 2.05) is 23.6 Å². The number of nitrogens with zero attached hydrogens (tertiary/aromatic N) is 2. The third-order valence-electron chi connectivity index (χ3n) is 3.96. The van der Waals surface area contributed by atoms with Gasteiger partial charge >= 0.3 is 12.0 Å². The molecule has 0 bridgehead atoms. The molecule has 6 heteroatoms. The van der Waals surface area contributed by atoms with Gasteiger partial charge in [-0.2, -0.15) is 0 Å². The van der Waals surface area contributed by atoms with Crippen LogP contribution in [0.5, 0.6) is 0 Å². The van der Waals surface area contributed by atoms with Crippen molar-refractivity contribution in [2.45, 2.75) is 52.6 Å². The Morgan fingerprint density at radius 2 is 1.86 bits per heavy atom. The molecule has 1 fully saturated rings. The second-order valence-electron chi connectivity index (χ2n) is 6.16. The largest absolute Gasteiger partial charge is 0.480 e. The summed E-state index contributed by atoms with van der Waals surface area (Å²) in [5.41, 5.74) is 0. The van der Waals surface area contributed by atoms with E-state index in [1.165, 1.54) is 0 Å². The smallest absolute Gasteiger partial charge is 0.317 e. The predicted molar refractivity (Wildman–Crippen MR) is 82.3 cm³/mol. The second kappa shape index (κ2) is 8.22. The maximum absolute atomic E-state index is 12.1. The van der Waals surface area contributed by atoms with Crippen molar-refractivity contribution < 1.29 is 14.7 Å². The summed E-state index contributed by atoms with van der Waals surface area (Å²) >= 11 is 0. The van der Waals surface area contributed by atoms with Gasteiger partial charge in [-0.05, 0) is 32.2 Å². The molecule has 0 spiro atoms. The summed E-state index contributed by atoms with van der Waals surface area (Å²) < 4.78 is 0. The summed E-state index contributed by atoms with van der Waals surface area (Å²) in [6, 6.07) is 0.444. The summed E-state index contributed by atoms with van der Waals surface area (Å²) in [7, 11) is 0. The summed E-state index contributed by atoms with van der Waals surface area (Å²) in [5, 5.41) is 11.9. The molecule has 0 aromatic carbocycles. The van der Waals surface area contributed by atoms with Crippen LogP contribution in [0.4, 0.5) is 4.79 Å². The average Bonchev–Trinajstić information content (AvgIpc) is 2.36. The van der Waals surface area contributed by atoms with E-state index in [0.717, 1.165) is 25.9 Å². The van der Waals surface area contributed by atoms with Crippen LogP contribution >= 0.6 is 0 Å². The van der Waals surface area contributed by atoms with Gasteiger partial charge in [-0.15, -0.1) is 0 Å². The number of hydrogen-bond acceptors (Lipinski definition) is 3.